The summed E-state index contributed by atoms with van der Waals surface area (Å²) in [5.41, 5.74) is 3.47. The molecule has 17 nitrogen and oxygen atoms in total. The second-order valence-corrected chi connectivity index (χ2v) is 13.3. The number of nitro groups is 1. The lowest BCUT2D eigenvalue weighted by Crippen LogP contribution is -2.56. The quantitative estimate of drug-likeness (QED) is 0.239. The molecule has 5 heterocycles. The number of hydrogen-bond donors (Lipinski definition) is 2. The summed E-state index contributed by atoms with van der Waals surface area (Å²) in [6.07, 6.45) is -3.12. The van der Waals surface area contributed by atoms with E-state index < -0.39 is 41.9 Å². The first-order chi connectivity index (χ1) is 24.2. The van der Waals surface area contributed by atoms with Crippen molar-refractivity contribution in [1.29, 1.82) is 0 Å². The molecular weight excluding hydrogens is 674 g/mol. The van der Waals surface area contributed by atoms with Crippen LogP contribution in [0.2, 0.25) is 0 Å². The van der Waals surface area contributed by atoms with Crippen molar-refractivity contribution in [3.63, 3.8) is 0 Å². The van der Waals surface area contributed by atoms with Gasteiger partial charge in [0.15, 0.2) is 41.3 Å². The second-order valence-electron chi connectivity index (χ2n) is 13.3. The van der Waals surface area contributed by atoms with Crippen molar-refractivity contribution in [2.75, 3.05) is 34.2 Å². The van der Waals surface area contributed by atoms with E-state index in [4.69, 9.17) is 42.6 Å². The van der Waals surface area contributed by atoms with Gasteiger partial charge >= 0.3 is 5.95 Å². The Morgan fingerprint density at radius 2 is 1.65 bits per heavy atom. The average Bonchev–Trinajstić information content (AvgIpc) is 3.92. The average molecular weight is 716 g/mol. The van der Waals surface area contributed by atoms with Crippen LogP contribution in [0.4, 0.5) is 5.95 Å². The first-order valence-electron chi connectivity index (χ1n) is 16.5. The molecule has 0 spiro atoms. The maximum absolute atomic E-state index is 11.3. The Hall–Kier alpha value is -4.23. The fourth-order valence-corrected chi connectivity index (χ4v) is 8.35. The summed E-state index contributed by atoms with van der Waals surface area (Å²) in [4.78, 5) is 14.6. The van der Waals surface area contributed by atoms with Gasteiger partial charge < -0.3 is 68.4 Å². The molecule has 0 amide bonds. The van der Waals surface area contributed by atoms with Crippen molar-refractivity contribution in [3.8, 4) is 28.7 Å². The fraction of sp³-hybridized carbons (Fsp3) is 0.559. The maximum Gasteiger partial charge on any atom is 0.434 e. The molecule has 276 valence electrons. The minimum atomic E-state index is -1.41. The minimum absolute atomic E-state index is 0. The summed E-state index contributed by atoms with van der Waals surface area (Å²) >= 11 is 0. The number of benzene rings is 2. The van der Waals surface area contributed by atoms with Gasteiger partial charge in [-0.3, -0.25) is 0 Å². The third-order valence-electron chi connectivity index (χ3n) is 10.7. The summed E-state index contributed by atoms with van der Waals surface area (Å²) < 4.78 is 55.0. The van der Waals surface area contributed by atoms with E-state index in [1.54, 1.807) is 28.2 Å². The monoisotopic (exact) mass is 715 g/mol. The molecule has 5 aliphatic rings. The number of nitrogens with zero attached hydrogens (tertiary/aromatic N) is 3. The molecule has 4 N–H and O–H groups in total. The maximum atomic E-state index is 11.3. The van der Waals surface area contributed by atoms with E-state index in [0.29, 0.717) is 54.1 Å². The van der Waals surface area contributed by atoms with Gasteiger partial charge in [0.25, 0.3) is 0 Å². The van der Waals surface area contributed by atoms with Crippen LogP contribution in [-0.2, 0) is 32.6 Å². The van der Waals surface area contributed by atoms with Crippen molar-refractivity contribution >= 4 is 5.95 Å². The number of aliphatic hydroxyl groups excluding tert-OH is 2. The van der Waals surface area contributed by atoms with Crippen molar-refractivity contribution in [1.82, 2.24) is 9.55 Å². The second kappa shape index (κ2) is 13.7. The highest BCUT2D eigenvalue weighted by atomic mass is 16.8. The first-order valence-corrected chi connectivity index (χ1v) is 16.5. The molecule has 51 heavy (non-hydrogen) atoms. The van der Waals surface area contributed by atoms with Gasteiger partial charge in [0.05, 0.1) is 40.6 Å². The van der Waals surface area contributed by atoms with Crippen molar-refractivity contribution in [2.45, 2.75) is 68.8 Å². The predicted octanol–water partition coefficient (Wildman–Crippen LogP) is 1.92. The molecule has 17 heteroatoms. The largest absolute Gasteiger partial charge is 0.493 e. The van der Waals surface area contributed by atoms with Crippen LogP contribution in [0.25, 0.3) is 0 Å². The molecule has 0 saturated carbocycles. The lowest BCUT2D eigenvalue weighted by Gasteiger charge is -2.44. The number of aliphatic hydroxyl groups is 2. The normalized spacial score (nSPS) is 31.6. The molecule has 10 atom stereocenters. The summed E-state index contributed by atoms with van der Waals surface area (Å²) in [6.45, 7) is 2.87. The number of aromatic nitrogens is 2. The van der Waals surface area contributed by atoms with Crippen LogP contribution in [-0.4, -0.2) is 101 Å². The van der Waals surface area contributed by atoms with Crippen molar-refractivity contribution in [2.24, 2.45) is 18.9 Å². The molecular formula is C34H41N3O14. The van der Waals surface area contributed by atoms with Crippen LogP contribution in [0.3, 0.4) is 0 Å². The van der Waals surface area contributed by atoms with E-state index in [-0.39, 0.29) is 48.5 Å². The molecule has 3 aromatic rings. The lowest BCUT2D eigenvalue weighted by molar-refractivity contribution is -0.396. The fourth-order valence-electron chi connectivity index (χ4n) is 8.35. The number of ether oxygens (including phenoxy) is 9. The van der Waals surface area contributed by atoms with Gasteiger partial charge in [-0.25, -0.2) is 4.57 Å². The molecule has 3 saturated heterocycles. The Balaban J connectivity index is 0.00000406. The van der Waals surface area contributed by atoms with Crippen LogP contribution in [0.15, 0.2) is 30.5 Å². The molecule has 1 aromatic heterocycles. The van der Waals surface area contributed by atoms with E-state index in [0.717, 1.165) is 16.7 Å². The van der Waals surface area contributed by atoms with E-state index in [2.05, 4.69) is 4.98 Å². The highest BCUT2D eigenvalue weighted by Gasteiger charge is 2.54. The zero-order chi connectivity index (χ0) is 34.8. The van der Waals surface area contributed by atoms with Crippen LogP contribution in [0, 0.1) is 22.0 Å². The Morgan fingerprint density at radius 3 is 2.31 bits per heavy atom. The van der Waals surface area contributed by atoms with Crippen LogP contribution >= 0.6 is 0 Å². The number of imidazole rings is 1. The zero-order valence-corrected chi connectivity index (χ0v) is 28.4. The Bertz CT molecular complexity index is 1760. The summed E-state index contributed by atoms with van der Waals surface area (Å²) in [5.74, 6) is 2.03. The Morgan fingerprint density at radius 1 is 0.980 bits per heavy atom. The number of rotatable bonds is 9. The van der Waals surface area contributed by atoms with Gasteiger partial charge in [-0.1, -0.05) is 4.98 Å². The third kappa shape index (κ3) is 5.91. The molecule has 0 bridgehead atoms. The molecule has 0 radical (unpaired) electrons. The number of fused-ring (bicyclic) bond motifs is 4. The van der Waals surface area contributed by atoms with E-state index in [1.165, 1.54) is 10.8 Å². The van der Waals surface area contributed by atoms with E-state index in [1.807, 2.05) is 24.3 Å². The molecule has 10 unspecified atom stereocenters. The summed E-state index contributed by atoms with van der Waals surface area (Å²) in [6, 6.07) is 7.91. The van der Waals surface area contributed by atoms with E-state index >= 15 is 0 Å². The predicted molar refractivity (Wildman–Crippen MR) is 173 cm³/mol. The van der Waals surface area contributed by atoms with Gasteiger partial charge in [0, 0.05) is 5.92 Å². The Kier molecular flexibility index (Phi) is 9.47. The zero-order valence-electron chi connectivity index (χ0n) is 28.4. The molecule has 1 aliphatic carbocycles. The van der Waals surface area contributed by atoms with Gasteiger partial charge in [0.1, 0.15) is 31.1 Å². The van der Waals surface area contributed by atoms with Crippen LogP contribution in [0.1, 0.15) is 47.6 Å². The van der Waals surface area contributed by atoms with Gasteiger partial charge in [0.2, 0.25) is 12.5 Å². The van der Waals surface area contributed by atoms with Crippen LogP contribution < -0.4 is 23.7 Å². The molecule has 4 aliphatic heterocycles. The van der Waals surface area contributed by atoms with E-state index in [9.17, 15) is 20.3 Å². The Labute approximate surface area is 292 Å². The first kappa shape index (κ1) is 35.2. The lowest BCUT2D eigenvalue weighted by atomic mass is 9.61. The van der Waals surface area contributed by atoms with Crippen LogP contribution in [0.5, 0.6) is 28.7 Å². The highest BCUT2D eigenvalue weighted by Crippen LogP contribution is 2.57. The molecule has 2 aromatic carbocycles. The topological polar surface area (TPSA) is 216 Å². The number of hydrogen-bond acceptors (Lipinski definition) is 14. The van der Waals surface area contributed by atoms with Crippen molar-refractivity contribution < 1.29 is 63.2 Å². The smallest absolute Gasteiger partial charge is 0.434 e. The SMILES string of the molecule is COc1cc(C2c3cc4c(cc3C(CC3OC(O)C(O)C5OC(C)OC35)C3COCC23)OCO4)cc(OC)c1OCc1cnc([N+](=O)[O-])n1C.O. The van der Waals surface area contributed by atoms with Gasteiger partial charge in [-0.2, -0.15) is 0 Å². The molecule has 8 rings (SSSR count). The van der Waals surface area contributed by atoms with Crippen molar-refractivity contribution in [3.05, 3.63) is 63.0 Å². The molecule has 3 fully saturated rings. The number of methoxy groups -OCH3 is 2. The third-order valence-corrected chi connectivity index (χ3v) is 10.7. The van der Waals surface area contributed by atoms with Gasteiger partial charge in [-0.05, 0) is 77.0 Å². The van der Waals surface area contributed by atoms with Gasteiger partial charge in [-0.15, -0.1) is 0 Å². The standard InChI is InChI=1S/C34H39N3O13.H2O/c1-15-48-31-27(50-33(39)29(38)32(31)49-15)8-19-18-7-23-24(47-14-46-23)9-20(18)28(22-13-44-12-21(19)22)16-5-25(42-3)30(26(6-16)43-4)45-11-17-10-35-34(36(17)2)37(40)41;/h5-7,9-10,15,19,21-22,27-29,31-33,38-39H,8,11-14H2,1-4H3;1H2. The highest BCUT2D eigenvalue weighted by molar-refractivity contribution is 5.59. The summed E-state index contributed by atoms with van der Waals surface area (Å²) in [7, 11) is 4.65. The summed E-state index contributed by atoms with van der Waals surface area (Å²) in [5, 5.41) is 32.6. The minimum Gasteiger partial charge on any atom is -0.493 e.